The van der Waals surface area contributed by atoms with E-state index in [4.69, 9.17) is 10.7 Å². The zero-order valence-electron chi connectivity index (χ0n) is 8.11. The monoisotopic (exact) mass is 327 g/mol. The summed E-state index contributed by atoms with van der Waals surface area (Å²) in [6.07, 6.45) is 0.480. The molecule has 1 rings (SSSR count). The Labute approximate surface area is 105 Å². The Morgan fingerprint density at radius 3 is 2.44 bits per heavy atom. The van der Waals surface area contributed by atoms with Crippen LogP contribution in [0.1, 0.15) is 12.5 Å². The van der Waals surface area contributed by atoms with Crippen LogP contribution in [0.5, 0.6) is 0 Å². The average molecular weight is 329 g/mol. The summed E-state index contributed by atoms with van der Waals surface area (Å²) in [7, 11) is 1.19. The molecule has 0 spiro atoms. The predicted octanol–water partition coefficient (Wildman–Crippen LogP) is 2.85. The third-order valence-corrected chi connectivity index (χ3v) is 4.39. The van der Waals surface area contributed by atoms with Crippen LogP contribution in [0.25, 0.3) is 0 Å². The van der Waals surface area contributed by atoms with E-state index in [1.807, 2.05) is 0 Å². The molecule has 0 saturated heterocycles. The van der Waals surface area contributed by atoms with Crippen LogP contribution in [-0.2, 0) is 15.5 Å². The number of aryl methyl sites for hydroxylation is 1. The van der Waals surface area contributed by atoms with Crippen molar-refractivity contribution >= 4 is 41.4 Å². The minimum absolute atomic E-state index is 0.121. The minimum atomic E-state index is -4.00. The highest BCUT2D eigenvalue weighted by molar-refractivity contribution is 9.10. The number of nitro benzene ring substituents is 1. The van der Waals surface area contributed by atoms with Gasteiger partial charge in [0.05, 0.1) is 4.92 Å². The van der Waals surface area contributed by atoms with E-state index in [0.717, 1.165) is 0 Å². The lowest BCUT2D eigenvalue weighted by molar-refractivity contribution is -0.386. The molecule has 8 heteroatoms. The lowest BCUT2D eigenvalue weighted by Crippen LogP contribution is -1.99. The van der Waals surface area contributed by atoms with E-state index in [1.165, 1.54) is 12.1 Å². The first-order chi connectivity index (χ1) is 7.27. The smallest absolute Gasteiger partial charge is 0.258 e. The van der Waals surface area contributed by atoms with Gasteiger partial charge in [0.2, 0.25) is 0 Å². The van der Waals surface area contributed by atoms with E-state index in [2.05, 4.69) is 15.9 Å². The van der Waals surface area contributed by atoms with Crippen molar-refractivity contribution in [2.75, 3.05) is 0 Å². The summed E-state index contributed by atoms with van der Waals surface area (Å²) in [5.41, 5.74) is 0.229. The van der Waals surface area contributed by atoms with Crippen LogP contribution in [-0.4, -0.2) is 13.3 Å². The molecule has 0 atom stereocenters. The number of hydrogen-bond donors (Lipinski definition) is 0. The number of rotatable bonds is 3. The van der Waals surface area contributed by atoms with Crippen molar-refractivity contribution in [3.63, 3.8) is 0 Å². The molecule has 0 amide bonds. The molecule has 0 fully saturated rings. The summed E-state index contributed by atoms with van der Waals surface area (Å²) in [5.74, 6) is 0. The third kappa shape index (κ3) is 2.72. The fourth-order valence-electron chi connectivity index (χ4n) is 1.15. The van der Waals surface area contributed by atoms with Crippen LogP contribution in [0.4, 0.5) is 5.69 Å². The molecule has 1 aromatic rings. The van der Waals surface area contributed by atoms with E-state index in [0.29, 0.717) is 12.0 Å². The molecule has 0 heterocycles. The SMILES string of the molecule is CCc1cc([N+](=O)[O-])c(Br)c(S(=O)(=O)Cl)c1. The number of hydrogen-bond acceptors (Lipinski definition) is 4. The van der Waals surface area contributed by atoms with E-state index in [-0.39, 0.29) is 15.1 Å². The molecule has 0 bridgehead atoms. The third-order valence-electron chi connectivity index (χ3n) is 1.95. The second-order valence-electron chi connectivity index (χ2n) is 2.98. The maximum atomic E-state index is 11.2. The van der Waals surface area contributed by atoms with Crippen molar-refractivity contribution in [2.45, 2.75) is 18.2 Å². The summed E-state index contributed by atoms with van der Waals surface area (Å²) >= 11 is 2.88. The van der Waals surface area contributed by atoms with Gasteiger partial charge in [-0.15, -0.1) is 0 Å². The summed E-state index contributed by atoms with van der Waals surface area (Å²) < 4.78 is 22.3. The van der Waals surface area contributed by atoms with Gasteiger partial charge in [-0.1, -0.05) is 6.92 Å². The van der Waals surface area contributed by atoms with E-state index in [1.54, 1.807) is 6.92 Å². The van der Waals surface area contributed by atoms with Gasteiger partial charge in [-0.3, -0.25) is 10.1 Å². The van der Waals surface area contributed by atoms with Crippen molar-refractivity contribution in [1.29, 1.82) is 0 Å². The van der Waals surface area contributed by atoms with Gasteiger partial charge < -0.3 is 0 Å². The van der Waals surface area contributed by atoms with E-state index >= 15 is 0 Å². The molecular formula is C8H7BrClNO4S. The largest absolute Gasteiger partial charge is 0.285 e. The van der Waals surface area contributed by atoms with Crippen LogP contribution in [0, 0.1) is 10.1 Å². The first-order valence-corrected chi connectivity index (χ1v) is 7.29. The number of nitrogens with zero attached hydrogens (tertiary/aromatic N) is 1. The van der Waals surface area contributed by atoms with Crippen LogP contribution in [0.3, 0.4) is 0 Å². The molecule has 88 valence electrons. The topological polar surface area (TPSA) is 77.3 Å². The van der Waals surface area contributed by atoms with Gasteiger partial charge in [0.25, 0.3) is 14.7 Å². The molecule has 0 aliphatic carbocycles. The maximum absolute atomic E-state index is 11.2. The van der Waals surface area contributed by atoms with Crippen LogP contribution >= 0.6 is 26.6 Å². The zero-order valence-corrected chi connectivity index (χ0v) is 11.3. The Morgan fingerprint density at radius 1 is 1.50 bits per heavy atom. The lowest BCUT2D eigenvalue weighted by Gasteiger charge is -2.04. The van der Waals surface area contributed by atoms with Crippen LogP contribution < -0.4 is 0 Å². The van der Waals surface area contributed by atoms with Crippen molar-refractivity contribution in [3.05, 3.63) is 32.3 Å². The van der Waals surface area contributed by atoms with Gasteiger partial charge in [0, 0.05) is 16.7 Å². The van der Waals surface area contributed by atoms with E-state index < -0.39 is 14.0 Å². The highest BCUT2D eigenvalue weighted by Crippen LogP contribution is 2.34. The average Bonchev–Trinajstić information content (AvgIpc) is 2.15. The highest BCUT2D eigenvalue weighted by Gasteiger charge is 2.24. The molecule has 0 radical (unpaired) electrons. The van der Waals surface area contributed by atoms with Gasteiger partial charge >= 0.3 is 0 Å². The molecular weight excluding hydrogens is 322 g/mol. The molecule has 1 aromatic carbocycles. The standard InChI is InChI=1S/C8H7BrClNO4S/c1-2-5-3-6(11(12)13)8(9)7(4-5)16(10,14)15/h3-4H,2H2,1H3. The predicted molar refractivity (Wildman–Crippen MR) is 63.2 cm³/mol. The quantitative estimate of drug-likeness (QED) is 0.485. The molecule has 0 saturated carbocycles. The summed E-state index contributed by atoms with van der Waals surface area (Å²) in [6.45, 7) is 1.76. The van der Waals surface area contributed by atoms with Crippen molar-refractivity contribution in [1.82, 2.24) is 0 Å². The Morgan fingerprint density at radius 2 is 2.06 bits per heavy atom. The first kappa shape index (κ1) is 13.4. The summed E-state index contributed by atoms with van der Waals surface area (Å²) in [6, 6.07) is 2.63. The number of nitro groups is 1. The molecule has 0 aromatic heterocycles. The van der Waals surface area contributed by atoms with Gasteiger partial charge in [-0.05, 0) is 34.0 Å². The van der Waals surface area contributed by atoms with Gasteiger partial charge in [0.15, 0.2) is 0 Å². The second kappa shape index (κ2) is 4.68. The zero-order chi connectivity index (χ0) is 12.5. The van der Waals surface area contributed by atoms with Crippen molar-refractivity contribution in [2.24, 2.45) is 0 Å². The fraction of sp³-hybridized carbons (Fsp3) is 0.250. The fourth-order valence-corrected chi connectivity index (χ4v) is 3.42. The molecule has 5 nitrogen and oxygen atoms in total. The van der Waals surface area contributed by atoms with E-state index in [9.17, 15) is 18.5 Å². The lowest BCUT2D eigenvalue weighted by atomic mass is 10.1. The highest BCUT2D eigenvalue weighted by atomic mass is 79.9. The Hall–Kier alpha value is -0.660. The van der Waals surface area contributed by atoms with Gasteiger partial charge in [-0.25, -0.2) is 8.42 Å². The summed E-state index contributed by atoms with van der Waals surface area (Å²) in [5, 5.41) is 10.7. The number of halogens is 2. The minimum Gasteiger partial charge on any atom is -0.258 e. The maximum Gasteiger partial charge on any atom is 0.285 e. The van der Waals surface area contributed by atoms with Gasteiger partial charge in [-0.2, -0.15) is 0 Å². The Kier molecular flexibility index (Phi) is 3.92. The summed E-state index contributed by atoms with van der Waals surface area (Å²) in [4.78, 5) is 9.77. The van der Waals surface area contributed by atoms with Crippen LogP contribution in [0.15, 0.2) is 21.5 Å². The van der Waals surface area contributed by atoms with Crippen molar-refractivity contribution < 1.29 is 13.3 Å². The molecule has 0 N–H and O–H groups in total. The van der Waals surface area contributed by atoms with Crippen molar-refractivity contribution in [3.8, 4) is 0 Å². The molecule has 0 aliphatic heterocycles. The first-order valence-electron chi connectivity index (χ1n) is 4.18. The second-order valence-corrected chi connectivity index (χ2v) is 6.30. The molecule has 0 aliphatic rings. The molecule has 0 unspecified atom stereocenters. The normalized spacial score (nSPS) is 11.4. The van der Waals surface area contributed by atoms with Crippen LogP contribution in [0.2, 0.25) is 0 Å². The number of benzene rings is 1. The molecule has 16 heavy (non-hydrogen) atoms. The Balaban J connectivity index is 3.63. The Bertz CT molecular complexity index is 543. The van der Waals surface area contributed by atoms with Gasteiger partial charge in [0.1, 0.15) is 9.37 Å².